The summed E-state index contributed by atoms with van der Waals surface area (Å²) in [6, 6.07) is 1.68. The van der Waals surface area contributed by atoms with Crippen molar-refractivity contribution in [2.24, 2.45) is 0 Å². The first-order valence-corrected chi connectivity index (χ1v) is 7.03. The Kier molecular flexibility index (Phi) is 4.12. The van der Waals surface area contributed by atoms with Gasteiger partial charge < -0.3 is 14.6 Å². The van der Waals surface area contributed by atoms with Crippen LogP contribution in [0.5, 0.6) is 0 Å². The van der Waals surface area contributed by atoms with Crippen molar-refractivity contribution in [1.82, 2.24) is 10.2 Å². The molecule has 100 valence electrons. The van der Waals surface area contributed by atoms with Crippen LogP contribution in [-0.2, 0) is 0 Å². The summed E-state index contributed by atoms with van der Waals surface area (Å²) in [5.74, 6) is -0.0799. The lowest BCUT2D eigenvalue weighted by Crippen LogP contribution is -2.50. The molecule has 0 bridgehead atoms. The van der Waals surface area contributed by atoms with Gasteiger partial charge in [-0.1, -0.05) is 12.8 Å². The molecule has 1 aromatic heterocycles. The van der Waals surface area contributed by atoms with E-state index in [1.165, 1.54) is 19.1 Å². The first kappa shape index (κ1) is 13.6. The minimum absolute atomic E-state index is 0.0799. The lowest BCUT2D eigenvalue weighted by molar-refractivity contribution is 0.0898. The predicted molar refractivity (Wildman–Crippen MR) is 73.6 cm³/mol. The summed E-state index contributed by atoms with van der Waals surface area (Å²) in [5.41, 5.74) is 0.674. The molecule has 0 aromatic carbocycles. The molecule has 0 radical (unpaired) electrons. The highest BCUT2D eigenvalue weighted by Crippen LogP contribution is 2.33. The third-order valence-electron chi connectivity index (χ3n) is 3.92. The van der Waals surface area contributed by atoms with E-state index in [1.54, 1.807) is 6.07 Å². The van der Waals surface area contributed by atoms with Crippen LogP contribution in [0.2, 0.25) is 0 Å². The van der Waals surface area contributed by atoms with Gasteiger partial charge in [-0.2, -0.15) is 0 Å². The molecule has 0 unspecified atom stereocenters. The van der Waals surface area contributed by atoms with E-state index in [4.69, 9.17) is 4.42 Å². The standard InChI is InChI=1S/C13H19BrN2O2/c1-16(2)13(6-3-4-7-13)9-15-12(17)10-5-8-18-11(10)14/h5,8H,3-4,6-7,9H2,1-2H3,(H,15,17). The molecule has 1 amide bonds. The van der Waals surface area contributed by atoms with Crippen molar-refractivity contribution in [1.29, 1.82) is 0 Å². The number of rotatable bonds is 4. The Morgan fingerprint density at radius 3 is 2.67 bits per heavy atom. The number of amides is 1. The highest BCUT2D eigenvalue weighted by Gasteiger charge is 2.36. The molecular formula is C13H19BrN2O2. The Morgan fingerprint density at radius 1 is 1.50 bits per heavy atom. The normalized spacial score (nSPS) is 18.2. The van der Waals surface area contributed by atoms with Gasteiger partial charge in [0.15, 0.2) is 4.67 Å². The summed E-state index contributed by atoms with van der Waals surface area (Å²) >= 11 is 3.22. The number of hydrogen-bond acceptors (Lipinski definition) is 3. The predicted octanol–water partition coefficient (Wildman–Crippen LogP) is 2.65. The summed E-state index contributed by atoms with van der Waals surface area (Å²) < 4.78 is 5.57. The average Bonchev–Trinajstić information content (AvgIpc) is 2.95. The van der Waals surface area contributed by atoms with E-state index < -0.39 is 0 Å². The monoisotopic (exact) mass is 314 g/mol. The van der Waals surface area contributed by atoms with Gasteiger partial charge in [0.2, 0.25) is 0 Å². The van der Waals surface area contributed by atoms with E-state index in [9.17, 15) is 4.79 Å². The van der Waals surface area contributed by atoms with E-state index in [1.807, 2.05) is 0 Å². The van der Waals surface area contributed by atoms with Gasteiger partial charge in [-0.3, -0.25) is 4.79 Å². The van der Waals surface area contributed by atoms with E-state index in [0.29, 0.717) is 16.8 Å². The maximum atomic E-state index is 12.0. The molecule has 1 N–H and O–H groups in total. The Bertz CT molecular complexity index is 422. The van der Waals surface area contributed by atoms with Gasteiger partial charge in [0, 0.05) is 12.1 Å². The smallest absolute Gasteiger partial charge is 0.255 e. The number of nitrogens with one attached hydrogen (secondary N) is 1. The molecule has 18 heavy (non-hydrogen) atoms. The van der Waals surface area contributed by atoms with Crippen LogP contribution in [0.4, 0.5) is 0 Å². The van der Waals surface area contributed by atoms with Crippen molar-refractivity contribution in [3.05, 3.63) is 22.6 Å². The zero-order valence-electron chi connectivity index (χ0n) is 10.8. The molecule has 0 aliphatic heterocycles. The number of likely N-dealkylation sites (N-methyl/N-ethyl adjacent to an activating group) is 1. The first-order chi connectivity index (χ1) is 8.55. The Hall–Kier alpha value is -0.810. The summed E-state index contributed by atoms with van der Waals surface area (Å²) in [4.78, 5) is 14.3. The maximum absolute atomic E-state index is 12.0. The fourth-order valence-electron chi connectivity index (χ4n) is 2.61. The van der Waals surface area contributed by atoms with Gasteiger partial charge in [0.1, 0.15) is 0 Å². The fraction of sp³-hybridized carbons (Fsp3) is 0.615. The van der Waals surface area contributed by atoms with E-state index in [-0.39, 0.29) is 11.4 Å². The van der Waals surface area contributed by atoms with Crippen molar-refractivity contribution in [3.8, 4) is 0 Å². The first-order valence-electron chi connectivity index (χ1n) is 6.24. The highest BCUT2D eigenvalue weighted by molar-refractivity contribution is 9.10. The van der Waals surface area contributed by atoms with Crippen LogP contribution < -0.4 is 5.32 Å². The van der Waals surface area contributed by atoms with E-state index in [2.05, 4.69) is 40.2 Å². The van der Waals surface area contributed by atoms with Gasteiger partial charge >= 0.3 is 0 Å². The number of carbonyl (C=O) groups is 1. The van der Waals surface area contributed by atoms with Crippen LogP contribution in [0.15, 0.2) is 21.4 Å². The SMILES string of the molecule is CN(C)C1(CNC(=O)c2ccoc2Br)CCCC1. The van der Waals surface area contributed by atoms with Crippen LogP contribution in [0.1, 0.15) is 36.0 Å². The van der Waals surface area contributed by atoms with Crippen molar-refractivity contribution >= 4 is 21.8 Å². The second-order valence-electron chi connectivity index (χ2n) is 5.12. The zero-order valence-corrected chi connectivity index (χ0v) is 12.4. The Labute approximate surface area is 116 Å². The van der Waals surface area contributed by atoms with Gasteiger partial charge in [-0.25, -0.2) is 0 Å². The molecule has 4 nitrogen and oxygen atoms in total. The maximum Gasteiger partial charge on any atom is 0.255 e. The zero-order chi connectivity index (χ0) is 13.2. The topological polar surface area (TPSA) is 45.5 Å². The second kappa shape index (κ2) is 5.45. The number of hydrogen-bond donors (Lipinski definition) is 1. The molecule has 5 heteroatoms. The quantitative estimate of drug-likeness (QED) is 0.929. The van der Waals surface area contributed by atoms with Crippen molar-refractivity contribution in [2.75, 3.05) is 20.6 Å². The molecule has 1 aliphatic rings. The minimum Gasteiger partial charge on any atom is -0.457 e. The van der Waals surface area contributed by atoms with Crippen LogP contribution in [0.25, 0.3) is 0 Å². The fourth-order valence-corrected chi connectivity index (χ4v) is 3.03. The lowest BCUT2D eigenvalue weighted by atomic mass is 9.96. The largest absolute Gasteiger partial charge is 0.457 e. The molecular weight excluding hydrogens is 296 g/mol. The van der Waals surface area contributed by atoms with Crippen molar-refractivity contribution < 1.29 is 9.21 Å². The van der Waals surface area contributed by atoms with E-state index >= 15 is 0 Å². The van der Waals surface area contributed by atoms with Crippen LogP contribution >= 0.6 is 15.9 Å². The summed E-state index contributed by atoms with van der Waals surface area (Å²) in [6.45, 7) is 0.691. The summed E-state index contributed by atoms with van der Waals surface area (Å²) in [6.07, 6.45) is 6.28. The summed E-state index contributed by atoms with van der Waals surface area (Å²) in [5, 5.41) is 3.02. The van der Waals surface area contributed by atoms with E-state index in [0.717, 1.165) is 12.8 Å². The molecule has 1 aliphatic carbocycles. The average molecular weight is 315 g/mol. The van der Waals surface area contributed by atoms with Crippen molar-refractivity contribution in [2.45, 2.75) is 31.2 Å². The van der Waals surface area contributed by atoms with Gasteiger partial charge in [0.25, 0.3) is 5.91 Å². The Balaban J connectivity index is 1.98. The Morgan fingerprint density at radius 2 is 2.17 bits per heavy atom. The molecule has 2 rings (SSSR count). The molecule has 1 heterocycles. The van der Waals surface area contributed by atoms with Crippen LogP contribution in [0.3, 0.4) is 0 Å². The minimum atomic E-state index is -0.0799. The molecule has 1 aromatic rings. The molecule has 1 saturated carbocycles. The number of nitrogens with zero attached hydrogens (tertiary/aromatic N) is 1. The second-order valence-corrected chi connectivity index (χ2v) is 5.84. The number of carbonyl (C=O) groups excluding carboxylic acids is 1. The van der Waals surface area contributed by atoms with Crippen LogP contribution in [-0.4, -0.2) is 37.0 Å². The third-order valence-corrected chi connectivity index (χ3v) is 4.54. The molecule has 0 spiro atoms. The number of halogens is 1. The molecule has 0 saturated heterocycles. The number of furan rings is 1. The highest BCUT2D eigenvalue weighted by atomic mass is 79.9. The van der Waals surface area contributed by atoms with Gasteiger partial charge in [0.05, 0.1) is 11.8 Å². The van der Waals surface area contributed by atoms with Gasteiger partial charge in [-0.05, 0) is 48.9 Å². The summed E-state index contributed by atoms with van der Waals surface area (Å²) in [7, 11) is 4.18. The van der Waals surface area contributed by atoms with Gasteiger partial charge in [-0.15, -0.1) is 0 Å². The molecule has 0 atom stereocenters. The third kappa shape index (κ3) is 2.62. The van der Waals surface area contributed by atoms with Crippen molar-refractivity contribution in [3.63, 3.8) is 0 Å². The van der Waals surface area contributed by atoms with Crippen LogP contribution in [0, 0.1) is 0 Å². The lowest BCUT2D eigenvalue weighted by Gasteiger charge is -2.36. The molecule has 1 fully saturated rings.